The van der Waals surface area contributed by atoms with Crippen LogP contribution in [0.2, 0.25) is 5.02 Å². The Balaban J connectivity index is 1.49. The molecule has 0 aliphatic heterocycles. The minimum absolute atomic E-state index is 0.0624. The van der Waals surface area contributed by atoms with Crippen molar-refractivity contribution in [1.29, 1.82) is 0 Å². The molecule has 0 fully saturated rings. The number of nitrogens with zero attached hydrogens (tertiary/aromatic N) is 1. The zero-order valence-electron chi connectivity index (χ0n) is 21.1. The SMILES string of the molecule is CC(Cc1ccc2c(c1)cc(C(=O)O)n2Cc1cccc(NS(C)(=O)=O)c1)NCC(O)c1cccc(Cl)c1. The fourth-order valence-corrected chi connectivity index (χ4v) is 5.25. The summed E-state index contributed by atoms with van der Waals surface area (Å²) in [6, 6.07) is 21.6. The number of sulfonamides is 1. The molecule has 0 aliphatic carbocycles. The molecule has 8 nitrogen and oxygen atoms in total. The summed E-state index contributed by atoms with van der Waals surface area (Å²) in [5, 5.41) is 25.0. The fraction of sp³-hybridized carbons (Fsp3) is 0.250. The number of carboxylic acids is 1. The van der Waals surface area contributed by atoms with E-state index < -0.39 is 22.1 Å². The third kappa shape index (κ3) is 7.14. The van der Waals surface area contributed by atoms with Gasteiger partial charge in [0.1, 0.15) is 5.69 Å². The highest BCUT2D eigenvalue weighted by molar-refractivity contribution is 7.92. The van der Waals surface area contributed by atoms with Crippen LogP contribution in [0.1, 0.15) is 40.2 Å². The molecule has 0 radical (unpaired) electrons. The number of benzene rings is 3. The van der Waals surface area contributed by atoms with Crippen LogP contribution in [0.4, 0.5) is 5.69 Å². The van der Waals surface area contributed by atoms with E-state index in [2.05, 4.69) is 10.0 Å². The third-order valence-electron chi connectivity index (χ3n) is 6.19. The van der Waals surface area contributed by atoms with E-state index >= 15 is 0 Å². The molecule has 4 rings (SSSR count). The van der Waals surface area contributed by atoms with Gasteiger partial charge in [-0.05, 0) is 72.5 Å². The molecule has 10 heteroatoms. The lowest BCUT2D eigenvalue weighted by molar-refractivity contribution is 0.0686. The first-order valence-electron chi connectivity index (χ1n) is 12.1. The molecule has 0 aliphatic rings. The number of anilines is 1. The average Bonchev–Trinajstić information content (AvgIpc) is 3.19. The van der Waals surface area contributed by atoms with Crippen molar-refractivity contribution in [2.24, 2.45) is 0 Å². The Morgan fingerprint density at radius 2 is 1.79 bits per heavy atom. The number of carbonyl (C=O) groups is 1. The molecule has 2 atom stereocenters. The van der Waals surface area contributed by atoms with E-state index in [-0.39, 0.29) is 18.3 Å². The van der Waals surface area contributed by atoms with Crippen molar-refractivity contribution in [2.75, 3.05) is 17.5 Å². The van der Waals surface area contributed by atoms with Gasteiger partial charge in [0.2, 0.25) is 10.0 Å². The van der Waals surface area contributed by atoms with E-state index in [4.69, 9.17) is 11.6 Å². The minimum atomic E-state index is -3.43. The van der Waals surface area contributed by atoms with Crippen molar-refractivity contribution in [3.05, 3.63) is 100 Å². The normalized spacial score (nSPS) is 13.4. The molecule has 0 saturated heterocycles. The van der Waals surface area contributed by atoms with Crippen molar-refractivity contribution < 1.29 is 23.4 Å². The molecule has 2 unspecified atom stereocenters. The lowest BCUT2D eigenvalue weighted by Crippen LogP contribution is -2.32. The summed E-state index contributed by atoms with van der Waals surface area (Å²) in [7, 11) is -3.43. The molecule has 200 valence electrons. The maximum Gasteiger partial charge on any atom is 0.352 e. The van der Waals surface area contributed by atoms with Crippen molar-refractivity contribution in [3.8, 4) is 0 Å². The molecular weight excluding hydrogens is 526 g/mol. The van der Waals surface area contributed by atoms with Gasteiger partial charge in [-0.2, -0.15) is 0 Å². The van der Waals surface area contributed by atoms with Crippen LogP contribution in [0.25, 0.3) is 10.9 Å². The average molecular weight is 556 g/mol. The van der Waals surface area contributed by atoms with Gasteiger partial charge >= 0.3 is 5.97 Å². The summed E-state index contributed by atoms with van der Waals surface area (Å²) in [4.78, 5) is 12.0. The van der Waals surface area contributed by atoms with Crippen molar-refractivity contribution in [1.82, 2.24) is 9.88 Å². The topological polar surface area (TPSA) is 121 Å². The summed E-state index contributed by atoms with van der Waals surface area (Å²) in [6.45, 7) is 2.67. The second-order valence-electron chi connectivity index (χ2n) is 9.47. The monoisotopic (exact) mass is 555 g/mol. The second-order valence-corrected chi connectivity index (χ2v) is 11.7. The van der Waals surface area contributed by atoms with Crippen LogP contribution in [0.15, 0.2) is 72.8 Å². The van der Waals surface area contributed by atoms with Gasteiger partial charge in [0.25, 0.3) is 0 Å². The first kappa shape index (κ1) is 27.7. The molecule has 1 heterocycles. The van der Waals surface area contributed by atoms with E-state index in [1.165, 1.54) is 0 Å². The van der Waals surface area contributed by atoms with E-state index in [1.54, 1.807) is 47.0 Å². The standard InChI is InChI=1S/C28H30ClN3O5S/c1-18(30-16-27(33)21-6-4-7-23(29)14-21)11-19-9-10-25-22(12-19)15-26(28(34)35)32(25)17-20-5-3-8-24(13-20)31-38(2,36)37/h3-10,12-15,18,27,30-31,33H,11,16-17H2,1-2H3,(H,34,35). The van der Waals surface area contributed by atoms with Crippen LogP contribution in [0.5, 0.6) is 0 Å². The first-order valence-corrected chi connectivity index (χ1v) is 14.3. The van der Waals surface area contributed by atoms with Gasteiger partial charge in [0, 0.05) is 40.7 Å². The number of hydrogen-bond donors (Lipinski definition) is 4. The van der Waals surface area contributed by atoms with Gasteiger partial charge in [0.15, 0.2) is 0 Å². The summed E-state index contributed by atoms with van der Waals surface area (Å²) in [5.74, 6) is -1.04. The fourth-order valence-electron chi connectivity index (χ4n) is 4.49. The zero-order chi connectivity index (χ0) is 27.4. The number of aliphatic hydroxyl groups excluding tert-OH is 1. The summed E-state index contributed by atoms with van der Waals surface area (Å²) < 4.78 is 27.3. The van der Waals surface area contributed by atoms with Gasteiger partial charge < -0.3 is 20.1 Å². The van der Waals surface area contributed by atoms with E-state index in [0.29, 0.717) is 23.7 Å². The Labute approximate surface area is 226 Å². The largest absolute Gasteiger partial charge is 0.477 e. The lowest BCUT2D eigenvalue weighted by atomic mass is 10.0. The maximum absolute atomic E-state index is 12.0. The molecule has 38 heavy (non-hydrogen) atoms. The Morgan fingerprint density at radius 3 is 2.50 bits per heavy atom. The molecule has 0 amide bonds. The van der Waals surface area contributed by atoms with Crippen LogP contribution in [0, 0.1) is 0 Å². The third-order valence-corrected chi connectivity index (χ3v) is 7.03. The highest BCUT2D eigenvalue weighted by Crippen LogP contribution is 2.25. The number of halogens is 1. The Hall–Kier alpha value is -3.37. The number of aromatic nitrogens is 1. The number of carboxylic acid groups (broad SMARTS) is 1. The number of nitrogens with one attached hydrogen (secondary N) is 2. The van der Waals surface area contributed by atoms with Crippen LogP contribution >= 0.6 is 11.6 Å². The van der Waals surface area contributed by atoms with Gasteiger partial charge in [-0.3, -0.25) is 4.72 Å². The van der Waals surface area contributed by atoms with Crippen LogP contribution in [0.3, 0.4) is 0 Å². The lowest BCUT2D eigenvalue weighted by Gasteiger charge is -2.18. The quantitative estimate of drug-likeness (QED) is 0.213. The summed E-state index contributed by atoms with van der Waals surface area (Å²) in [5.41, 5.74) is 3.88. The molecule has 0 saturated carbocycles. The Bertz CT molecular complexity index is 1570. The van der Waals surface area contributed by atoms with E-state index in [1.807, 2.05) is 37.3 Å². The smallest absolute Gasteiger partial charge is 0.352 e. The van der Waals surface area contributed by atoms with Gasteiger partial charge in [0.05, 0.1) is 12.4 Å². The number of fused-ring (bicyclic) bond motifs is 1. The zero-order valence-corrected chi connectivity index (χ0v) is 22.6. The Kier molecular flexibility index (Phi) is 8.42. The van der Waals surface area contributed by atoms with Crippen LogP contribution in [-0.4, -0.2) is 48.0 Å². The number of rotatable bonds is 11. The summed E-state index contributed by atoms with van der Waals surface area (Å²) >= 11 is 6.02. The number of hydrogen-bond acceptors (Lipinski definition) is 5. The van der Waals surface area contributed by atoms with Crippen LogP contribution in [-0.2, 0) is 23.0 Å². The Morgan fingerprint density at radius 1 is 1.03 bits per heavy atom. The molecule has 4 N–H and O–H groups in total. The van der Waals surface area contributed by atoms with Gasteiger partial charge in [-0.1, -0.05) is 41.9 Å². The van der Waals surface area contributed by atoms with Crippen LogP contribution < -0.4 is 10.0 Å². The van der Waals surface area contributed by atoms with E-state index in [9.17, 15) is 23.4 Å². The first-order chi connectivity index (χ1) is 18.0. The molecule has 3 aromatic carbocycles. The molecular formula is C28H30ClN3O5S. The van der Waals surface area contributed by atoms with Gasteiger partial charge in [-0.25, -0.2) is 13.2 Å². The summed E-state index contributed by atoms with van der Waals surface area (Å²) in [6.07, 6.45) is 1.08. The highest BCUT2D eigenvalue weighted by Gasteiger charge is 2.17. The number of aromatic carboxylic acids is 1. The van der Waals surface area contributed by atoms with Crippen molar-refractivity contribution in [3.63, 3.8) is 0 Å². The molecule has 1 aromatic heterocycles. The molecule has 4 aromatic rings. The van der Waals surface area contributed by atoms with E-state index in [0.717, 1.165) is 33.8 Å². The minimum Gasteiger partial charge on any atom is -0.477 e. The van der Waals surface area contributed by atoms with Gasteiger partial charge in [-0.15, -0.1) is 0 Å². The predicted octanol–water partition coefficient (Wildman–Crippen LogP) is 4.67. The molecule has 0 spiro atoms. The molecule has 0 bridgehead atoms. The van der Waals surface area contributed by atoms with Crippen molar-refractivity contribution in [2.45, 2.75) is 32.0 Å². The van der Waals surface area contributed by atoms with Crippen molar-refractivity contribution >= 4 is 44.2 Å². The second kappa shape index (κ2) is 11.6. The highest BCUT2D eigenvalue weighted by atomic mass is 35.5. The predicted molar refractivity (Wildman–Crippen MR) is 150 cm³/mol. The number of aliphatic hydroxyl groups is 1. The maximum atomic E-state index is 12.0.